The van der Waals surface area contributed by atoms with Crippen LogP contribution in [-0.4, -0.2) is 35.5 Å². The van der Waals surface area contributed by atoms with Crippen LogP contribution in [0.3, 0.4) is 0 Å². The van der Waals surface area contributed by atoms with E-state index >= 15 is 0 Å². The van der Waals surface area contributed by atoms with Crippen LogP contribution >= 0.6 is 23.2 Å². The van der Waals surface area contributed by atoms with Gasteiger partial charge in [0, 0.05) is 6.07 Å². The van der Waals surface area contributed by atoms with Crippen LogP contribution in [0.15, 0.2) is 18.2 Å². The van der Waals surface area contributed by atoms with Gasteiger partial charge in [0.05, 0.1) is 16.5 Å². The summed E-state index contributed by atoms with van der Waals surface area (Å²) in [7, 11) is 0. The number of carboxylic acids is 1. The first-order valence-corrected chi connectivity index (χ1v) is 6.43. The molecule has 0 spiro atoms. The Balaban J connectivity index is 2.54. The quantitative estimate of drug-likeness (QED) is 0.681. The van der Waals surface area contributed by atoms with Gasteiger partial charge in [0.25, 0.3) is 5.91 Å². The molecule has 7 nitrogen and oxygen atoms in total. The highest BCUT2D eigenvalue weighted by molar-refractivity contribution is 6.42. The van der Waals surface area contributed by atoms with Crippen LogP contribution in [0.2, 0.25) is 10.0 Å². The molecule has 0 heterocycles. The van der Waals surface area contributed by atoms with Crippen molar-refractivity contribution >= 4 is 41.0 Å². The third-order valence-corrected chi connectivity index (χ3v) is 3.04. The summed E-state index contributed by atoms with van der Waals surface area (Å²) < 4.78 is 5.12. The zero-order chi connectivity index (χ0) is 16.0. The van der Waals surface area contributed by atoms with Crippen LogP contribution in [0.1, 0.15) is 6.42 Å². The predicted octanol–water partition coefficient (Wildman–Crippen LogP) is 0.817. The zero-order valence-electron chi connectivity index (χ0n) is 10.6. The first kappa shape index (κ1) is 17.1. The largest absolute Gasteiger partial charge is 0.484 e. The van der Waals surface area contributed by atoms with E-state index in [1.54, 1.807) is 0 Å². The molecule has 2 amide bonds. The third kappa shape index (κ3) is 5.88. The lowest BCUT2D eigenvalue weighted by molar-refractivity contribution is -0.143. The van der Waals surface area contributed by atoms with Crippen molar-refractivity contribution in [3.8, 4) is 5.75 Å². The Morgan fingerprint density at radius 1 is 1.29 bits per heavy atom. The Morgan fingerprint density at radius 3 is 2.48 bits per heavy atom. The highest BCUT2D eigenvalue weighted by atomic mass is 35.5. The summed E-state index contributed by atoms with van der Waals surface area (Å²) in [6.07, 6.45) is -0.506. The molecule has 0 aliphatic rings. The predicted molar refractivity (Wildman–Crippen MR) is 75.3 cm³/mol. The average molecular weight is 335 g/mol. The lowest BCUT2D eigenvalue weighted by Gasteiger charge is -2.13. The third-order valence-electron chi connectivity index (χ3n) is 2.30. The molecule has 0 radical (unpaired) electrons. The Labute approximate surface area is 130 Å². The summed E-state index contributed by atoms with van der Waals surface area (Å²) in [6.45, 7) is -0.444. The van der Waals surface area contributed by atoms with Crippen LogP contribution in [0.25, 0.3) is 0 Å². The van der Waals surface area contributed by atoms with E-state index in [2.05, 4.69) is 5.32 Å². The molecular formula is C12H12Cl2N2O5. The Morgan fingerprint density at radius 2 is 1.95 bits per heavy atom. The molecule has 114 valence electrons. The molecule has 0 aliphatic carbocycles. The van der Waals surface area contributed by atoms with Gasteiger partial charge < -0.3 is 20.9 Å². The molecule has 21 heavy (non-hydrogen) atoms. The maximum atomic E-state index is 11.6. The van der Waals surface area contributed by atoms with Crippen LogP contribution in [0.4, 0.5) is 0 Å². The van der Waals surface area contributed by atoms with Gasteiger partial charge in [0.15, 0.2) is 6.61 Å². The zero-order valence-corrected chi connectivity index (χ0v) is 12.1. The van der Waals surface area contributed by atoms with Crippen molar-refractivity contribution in [3.05, 3.63) is 28.2 Å². The lowest BCUT2D eigenvalue weighted by atomic mass is 10.2. The van der Waals surface area contributed by atoms with Gasteiger partial charge in [-0.25, -0.2) is 4.79 Å². The van der Waals surface area contributed by atoms with Gasteiger partial charge in [-0.3, -0.25) is 9.59 Å². The summed E-state index contributed by atoms with van der Waals surface area (Å²) in [5.41, 5.74) is 4.89. The highest BCUT2D eigenvalue weighted by Gasteiger charge is 2.22. The molecule has 0 saturated carbocycles. The number of hydrogen-bond donors (Lipinski definition) is 3. The summed E-state index contributed by atoms with van der Waals surface area (Å²) in [5, 5.41) is 11.5. The molecule has 0 unspecified atom stereocenters. The average Bonchev–Trinajstić information content (AvgIpc) is 2.38. The van der Waals surface area contributed by atoms with E-state index in [0.717, 1.165) is 0 Å². The second-order valence-electron chi connectivity index (χ2n) is 3.99. The van der Waals surface area contributed by atoms with E-state index in [1.807, 2.05) is 0 Å². The van der Waals surface area contributed by atoms with Crippen LogP contribution in [-0.2, 0) is 14.4 Å². The molecular weight excluding hydrogens is 323 g/mol. The van der Waals surface area contributed by atoms with Gasteiger partial charge in [-0.15, -0.1) is 0 Å². The molecule has 0 aromatic heterocycles. The fraction of sp³-hybridized carbons (Fsp3) is 0.250. The summed E-state index contributed by atoms with van der Waals surface area (Å²) >= 11 is 11.5. The molecule has 0 aliphatic heterocycles. The standard InChI is InChI=1S/C12H12Cl2N2O5/c13-7-2-1-6(3-8(7)14)21-5-11(18)16-9(12(19)20)4-10(15)17/h1-3,9H,4-5H2,(H2,15,17)(H,16,18)(H,19,20)/t9-/m1/s1. The number of amides is 2. The van der Waals surface area contributed by atoms with E-state index in [0.29, 0.717) is 10.8 Å². The number of halogens is 2. The van der Waals surface area contributed by atoms with Crippen molar-refractivity contribution in [3.63, 3.8) is 0 Å². The molecule has 1 aromatic carbocycles. The Hall–Kier alpha value is -1.99. The fourth-order valence-corrected chi connectivity index (χ4v) is 1.64. The topological polar surface area (TPSA) is 119 Å². The maximum absolute atomic E-state index is 11.6. The summed E-state index contributed by atoms with van der Waals surface area (Å²) in [6, 6.07) is 3.01. The minimum Gasteiger partial charge on any atom is -0.484 e. The first-order chi connectivity index (χ1) is 9.79. The minimum atomic E-state index is -1.40. The molecule has 0 saturated heterocycles. The van der Waals surface area contributed by atoms with Crippen molar-refractivity contribution in [1.29, 1.82) is 0 Å². The van der Waals surface area contributed by atoms with Gasteiger partial charge in [0.1, 0.15) is 11.8 Å². The van der Waals surface area contributed by atoms with Crippen molar-refractivity contribution in [1.82, 2.24) is 5.32 Å². The molecule has 1 atom stereocenters. The van der Waals surface area contributed by atoms with Crippen molar-refractivity contribution in [2.24, 2.45) is 5.73 Å². The number of aliphatic carboxylic acids is 1. The number of carbonyl (C=O) groups is 3. The number of primary amides is 1. The normalized spacial score (nSPS) is 11.5. The second kappa shape index (κ2) is 7.70. The molecule has 1 aromatic rings. The number of ether oxygens (including phenoxy) is 1. The Kier molecular flexibility index (Phi) is 6.26. The highest BCUT2D eigenvalue weighted by Crippen LogP contribution is 2.26. The monoisotopic (exact) mass is 334 g/mol. The molecule has 0 bridgehead atoms. The fourth-order valence-electron chi connectivity index (χ4n) is 1.35. The van der Waals surface area contributed by atoms with Crippen LogP contribution in [0.5, 0.6) is 5.75 Å². The second-order valence-corrected chi connectivity index (χ2v) is 4.81. The molecule has 1 rings (SSSR count). The maximum Gasteiger partial charge on any atom is 0.326 e. The summed E-state index contributed by atoms with van der Waals surface area (Å²) in [4.78, 5) is 33.1. The Bertz CT molecular complexity index is 565. The number of nitrogens with one attached hydrogen (secondary N) is 1. The number of hydrogen-bond acceptors (Lipinski definition) is 4. The number of nitrogens with two attached hydrogens (primary N) is 1. The van der Waals surface area contributed by atoms with Gasteiger partial charge in [-0.1, -0.05) is 23.2 Å². The van der Waals surface area contributed by atoms with Gasteiger partial charge in [-0.2, -0.15) is 0 Å². The van der Waals surface area contributed by atoms with E-state index < -0.39 is 36.9 Å². The molecule has 4 N–H and O–H groups in total. The van der Waals surface area contributed by atoms with Gasteiger partial charge >= 0.3 is 5.97 Å². The lowest BCUT2D eigenvalue weighted by Crippen LogP contribution is -2.45. The molecule has 0 fully saturated rings. The van der Waals surface area contributed by atoms with Gasteiger partial charge in [-0.05, 0) is 12.1 Å². The SMILES string of the molecule is NC(=O)C[C@@H](NC(=O)COc1ccc(Cl)c(Cl)c1)C(=O)O. The van der Waals surface area contributed by atoms with Crippen LogP contribution < -0.4 is 15.8 Å². The number of benzene rings is 1. The molecule has 9 heteroatoms. The van der Waals surface area contributed by atoms with Crippen molar-refractivity contribution in [2.75, 3.05) is 6.61 Å². The smallest absolute Gasteiger partial charge is 0.326 e. The first-order valence-electron chi connectivity index (χ1n) is 5.68. The number of rotatable bonds is 7. The van der Waals surface area contributed by atoms with Crippen molar-refractivity contribution in [2.45, 2.75) is 12.5 Å². The van der Waals surface area contributed by atoms with E-state index in [9.17, 15) is 14.4 Å². The minimum absolute atomic E-state index is 0.256. The van der Waals surface area contributed by atoms with Crippen LogP contribution in [0, 0.1) is 0 Å². The van der Waals surface area contributed by atoms with E-state index in [-0.39, 0.29) is 5.02 Å². The van der Waals surface area contributed by atoms with Crippen molar-refractivity contribution < 1.29 is 24.2 Å². The number of carboxylic acid groups (broad SMARTS) is 1. The van der Waals surface area contributed by atoms with E-state index in [1.165, 1.54) is 18.2 Å². The number of carbonyl (C=O) groups excluding carboxylic acids is 2. The van der Waals surface area contributed by atoms with Gasteiger partial charge in [0.2, 0.25) is 5.91 Å². The van der Waals surface area contributed by atoms with E-state index in [4.69, 9.17) is 38.8 Å². The summed E-state index contributed by atoms with van der Waals surface area (Å²) in [5.74, 6) is -2.62.